The van der Waals surface area contributed by atoms with Crippen molar-refractivity contribution in [1.82, 2.24) is 39.1 Å². The van der Waals surface area contributed by atoms with Gasteiger partial charge < -0.3 is 19.7 Å². The number of carboxylic acids is 1. The molecule has 1 aliphatic heterocycles. The third-order valence-corrected chi connectivity index (χ3v) is 6.81. The number of benzene rings is 2. The lowest BCUT2D eigenvalue weighted by molar-refractivity contribution is -0.192. The quantitative estimate of drug-likeness (QED) is 0.257. The topological polar surface area (TPSA) is 138 Å². The Balaban J connectivity index is 0.000000472. The second-order valence-corrected chi connectivity index (χ2v) is 9.80. The van der Waals surface area contributed by atoms with E-state index in [-0.39, 0.29) is 5.92 Å². The van der Waals surface area contributed by atoms with Gasteiger partial charge in [0.15, 0.2) is 0 Å². The van der Waals surface area contributed by atoms with Gasteiger partial charge in [-0.2, -0.15) is 23.3 Å². The number of fused-ring (bicyclic) bond motifs is 1. The molecule has 6 rings (SSSR count). The van der Waals surface area contributed by atoms with E-state index in [1.807, 2.05) is 27.4 Å². The highest BCUT2D eigenvalue weighted by molar-refractivity contribution is 6.29. The molecule has 0 spiro atoms. The van der Waals surface area contributed by atoms with Crippen LogP contribution >= 0.6 is 11.6 Å². The van der Waals surface area contributed by atoms with Gasteiger partial charge in [-0.15, -0.1) is 5.10 Å². The minimum absolute atomic E-state index is 0.170. The molecule has 12 nitrogen and oxygen atoms in total. The molecule has 224 valence electrons. The van der Waals surface area contributed by atoms with Gasteiger partial charge in [0.05, 0.1) is 18.5 Å². The highest BCUT2D eigenvalue weighted by Gasteiger charge is 2.38. The molecule has 43 heavy (non-hydrogen) atoms. The van der Waals surface area contributed by atoms with Gasteiger partial charge in [0.1, 0.15) is 35.7 Å². The predicted molar refractivity (Wildman–Crippen MR) is 149 cm³/mol. The van der Waals surface area contributed by atoms with Crippen molar-refractivity contribution in [3.8, 4) is 17.1 Å². The van der Waals surface area contributed by atoms with E-state index >= 15 is 0 Å². The predicted octanol–water partition coefficient (Wildman–Crippen LogP) is 5.40. The van der Waals surface area contributed by atoms with Gasteiger partial charge in [-0.25, -0.2) is 24.1 Å². The Labute approximate surface area is 247 Å². The number of ether oxygens (including phenoxy) is 1. The molecule has 0 fully saturated rings. The summed E-state index contributed by atoms with van der Waals surface area (Å²) in [5.41, 5.74) is 3.86. The number of aliphatic carboxylic acids is 1. The summed E-state index contributed by atoms with van der Waals surface area (Å²) in [6, 6.07) is 14.2. The van der Waals surface area contributed by atoms with E-state index in [1.165, 1.54) is 11.9 Å². The van der Waals surface area contributed by atoms with Gasteiger partial charge >= 0.3 is 12.1 Å². The SMILES string of the molecule is COc1cc(Nc2nc3n(n2)CCCCC3c2ccc(-n3cncn3)cc2)ccc1-n1cnc(Cl)c1.O=C(O)C(F)(F)F. The molecule has 2 aromatic carbocycles. The van der Waals surface area contributed by atoms with Crippen LogP contribution in [-0.2, 0) is 11.3 Å². The maximum absolute atomic E-state index is 10.6. The van der Waals surface area contributed by atoms with E-state index in [0.29, 0.717) is 16.9 Å². The third-order valence-electron chi connectivity index (χ3n) is 6.61. The number of aromatic nitrogens is 8. The highest BCUT2D eigenvalue weighted by Crippen LogP contribution is 2.34. The number of aryl methyl sites for hydroxylation is 1. The third kappa shape index (κ3) is 6.94. The van der Waals surface area contributed by atoms with Crippen molar-refractivity contribution in [2.24, 2.45) is 0 Å². The molecule has 1 atom stereocenters. The summed E-state index contributed by atoms with van der Waals surface area (Å²) in [5, 5.41) is 19.9. The average molecular weight is 616 g/mol. The number of carbonyl (C=O) groups is 1. The lowest BCUT2D eigenvalue weighted by atomic mass is 9.93. The molecular formula is C27H25ClF3N9O3. The van der Waals surface area contributed by atoms with Gasteiger partial charge in [0, 0.05) is 30.4 Å². The number of hydrogen-bond acceptors (Lipinski definition) is 8. The molecule has 0 saturated heterocycles. The Morgan fingerprint density at radius 1 is 1.14 bits per heavy atom. The van der Waals surface area contributed by atoms with Crippen LogP contribution < -0.4 is 10.1 Å². The number of carboxylic acid groups (broad SMARTS) is 1. The van der Waals surface area contributed by atoms with Gasteiger partial charge in [-0.1, -0.05) is 30.2 Å². The van der Waals surface area contributed by atoms with E-state index in [2.05, 4.69) is 44.6 Å². The van der Waals surface area contributed by atoms with Gasteiger partial charge in [0.2, 0.25) is 5.95 Å². The second kappa shape index (κ2) is 12.5. The van der Waals surface area contributed by atoms with E-state index in [1.54, 1.807) is 30.6 Å². The number of alkyl halides is 3. The first-order valence-electron chi connectivity index (χ1n) is 13.0. The molecule has 0 aliphatic carbocycles. The number of hydrogen-bond donors (Lipinski definition) is 2. The monoisotopic (exact) mass is 615 g/mol. The molecule has 1 aliphatic rings. The lowest BCUT2D eigenvalue weighted by Crippen LogP contribution is -2.21. The largest absolute Gasteiger partial charge is 0.494 e. The summed E-state index contributed by atoms with van der Waals surface area (Å²) in [6.07, 6.45) is 4.75. The number of halogens is 4. The zero-order valence-corrected chi connectivity index (χ0v) is 23.4. The number of nitrogens with one attached hydrogen (secondary N) is 1. The van der Waals surface area contributed by atoms with Crippen molar-refractivity contribution in [2.75, 3.05) is 12.4 Å². The van der Waals surface area contributed by atoms with Crippen molar-refractivity contribution >= 4 is 29.2 Å². The number of anilines is 2. The van der Waals surface area contributed by atoms with Gasteiger partial charge in [-0.05, 0) is 42.7 Å². The highest BCUT2D eigenvalue weighted by atomic mass is 35.5. The summed E-state index contributed by atoms with van der Waals surface area (Å²) in [7, 11) is 1.64. The van der Waals surface area contributed by atoms with Crippen molar-refractivity contribution in [2.45, 2.75) is 37.9 Å². The summed E-state index contributed by atoms with van der Waals surface area (Å²) >= 11 is 5.98. The van der Waals surface area contributed by atoms with Crippen LogP contribution in [0.5, 0.6) is 5.75 Å². The van der Waals surface area contributed by atoms with E-state index in [4.69, 9.17) is 36.3 Å². The zero-order chi connectivity index (χ0) is 30.6. The van der Waals surface area contributed by atoms with E-state index in [9.17, 15) is 13.2 Å². The smallest absolute Gasteiger partial charge is 0.490 e. The minimum Gasteiger partial charge on any atom is -0.494 e. The summed E-state index contributed by atoms with van der Waals surface area (Å²) in [6.45, 7) is 0.848. The lowest BCUT2D eigenvalue weighted by Gasteiger charge is -2.14. The van der Waals surface area contributed by atoms with E-state index < -0.39 is 12.1 Å². The van der Waals surface area contributed by atoms with Gasteiger partial charge in [-0.3, -0.25) is 0 Å². The Kier molecular flexibility index (Phi) is 8.61. The Morgan fingerprint density at radius 2 is 1.91 bits per heavy atom. The summed E-state index contributed by atoms with van der Waals surface area (Å²) in [5.74, 6) is -0.368. The molecule has 0 radical (unpaired) electrons. The first-order chi connectivity index (χ1) is 20.6. The van der Waals surface area contributed by atoms with Crippen LogP contribution in [0.1, 0.15) is 36.6 Å². The molecule has 16 heteroatoms. The maximum Gasteiger partial charge on any atom is 0.490 e. The van der Waals surface area contributed by atoms with Crippen LogP contribution in [0, 0.1) is 0 Å². The first kappa shape index (κ1) is 29.6. The van der Waals surface area contributed by atoms with Crippen LogP contribution in [0.15, 0.2) is 67.6 Å². The molecule has 5 aromatic rings. The normalized spacial score (nSPS) is 14.7. The van der Waals surface area contributed by atoms with E-state index in [0.717, 1.165) is 48.7 Å². The van der Waals surface area contributed by atoms with Crippen LogP contribution in [0.4, 0.5) is 24.8 Å². The number of methoxy groups -OCH3 is 1. The molecule has 3 aromatic heterocycles. The van der Waals surface area contributed by atoms with Crippen LogP contribution in [0.3, 0.4) is 0 Å². The van der Waals surface area contributed by atoms with Crippen molar-refractivity contribution in [3.63, 3.8) is 0 Å². The number of imidazole rings is 1. The number of rotatable bonds is 6. The molecule has 0 amide bonds. The van der Waals surface area contributed by atoms with Crippen molar-refractivity contribution in [1.29, 1.82) is 0 Å². The molecule has 0 bridgehead atoms. The first-order valence-corrected chi connectivity index (χ1v) is 13.3. The minimum atomic E-state index is -5.08. The Hall–Kier alpha value is -4.92. The average Bonchev–Trinajstić information content (AvgIpc) is 3.73. The van der Waals surface area contributed by atoms with Crippen molar-refractivity contribution < 1.29 is 27.8 Å². The number of nitrogens with zero attached hydrogens (tertiary/aromatic N) is 8. The van der Waals surface area contributed by atoms with Crippen LogP contribution in [-0.4, -0.2) is 63.4 Å². The molecule has 1 unspecified atom stereocenters. The molecular weight excluding hydrogens is 591 g/mol. The molecule has 4 heterocycles. The second-order valence-electron chi connectivity index (χ2n) is 9.41. The summed E-state index contributed by atoms with van der Waals surface area (Å²) < 4.78 is 42.9. The van der Waals surface area contributed by atoms with Gasteiger partial charge in [0.25, 0.3) is 0 Å². The Morgan fingerprint density at radius 3 is 2.53 bits per heavy atom. The van der Waals surface area contributed by atoms with Crippen LogP contribution in [0.2, 0.25) is 5.15 Å². The molecule has 2 N–H and O–H groups in total. The summed E-state index contributed by atoms with van der Waals surface area (Å²) in [4.78, 5) is 21.9. The van der Waals surface area contributed by atoms with Crippen LogP contribution in [0.25, 0.3) is 11.4 Å². The Bertz CT molecular complexity index is 1690. The maximum atomic E-state index is 10.6. The van der Waals surface area contributed by atoms with Crippen molar-refractivity contribution in [3.05, 3.63) is 84.2 Å². The fraction of sp³-hybridized carbons (Fsp3) is 0.259. The molecule has 0 saturated carbocycles. The fourth-order valence-electron chi connectivity index (χ4n) is 4.61. The zero-order valence-electron chi connectivity index (χ0n) is 22.6. The standard InChI is InChI=1S/C25H24ClN9O.C2HF3O2/c1-36-22-12-18(7-10-21(22)33-13-23(26)28-16-33)30-25-31-24-20(4-2-3-11-34(24)32-25)17-5-8-19(9-6-17)35-15-27-14-29-35;3-2(4,5)1(6)7/h5-10,12-16,20H,2-4,11H2,1H3,(H,30,32);(H,6,7). The fourth-order valence-corrected chi connectivity index (χ4v) is 4.76.